The molecule has 0 aromatic heterocycles. The van der Waals surface area contributed by atoms with Crippen molar-refractivity contribution in [2.45, 2.75) is 51.4 Å². The van der Waals surface area contributed by atoms with Gasteiger partial charge in [-0.05, 0) is 20.9 Å². The number of Topliss-reactive ketones (excluding diaryl/α,β-unsaturated/α-hetero) is 1. The van der Waals surface area contributed by atoms with Crippen molar-refractivity contribution in [1.82, 2.24) is 10.6 Å². The lowest BCUT2D eigenvalue weighted by molar-refractivity contribution is -0.127. The first-order valence-electron chi connectivity index (χ1n) is 5.96. The maximum Gasteiger partial charge on any atom is 0.238 e. The molecule has 0 aliphatic carbocycles. The molecule has 0 saturated heterocycles. The molecule has 4 nitrogen and oxygen atoms in total. The van der Waals surface area contributed by atoms with E-state index < -0.39 is 6.04 Å². The van der Waals surface area contributed by atoms with E-state index in [0.29, 0.717) is 5.75 Å². The zero-order valence-electron chi connectivity index (χ0n) is 12.0. The second kappa shape index (κ2) is 8.07. The van der Waals surface area contributed by atoms with Crippen LogP contribution in [0.1, 0.15) is 34.6 Å². The van der Waals surface area contributed by atoms with Crippen molar-refractivity contribution in [3.63, 3.8) is 0 Å². The number of carbonyl (C=O) groups excluding carboxylic acids is 2. The molecule has 0 rings (SSSR count). The first kappa shape index (κ1) is 17.8. The smallest absolute Gasteiger partial charge is 0.238 e. The molecule has 0 aromatic carbocycles. The van der Waals surface area contributed by atoms with Crippen molar-refractivity contribution < 1.29 is 9.59 Å². The third-order valence-electron chi connectivity index (χ3n) is 2.18. The average Bonchev–Trinajstić information content (AvgIpc) is 2.22. The molecule has 0 aromatic rings. The summed E-state index contributed by atoms with van der Waals surface area (Å²) in [7, 11) is 5.17. The summed E-state index contributed by atoms with van der Waals surface area (Å²) in [5, 5.41) is 5.68. The summed E-state index contributed by atoms with van der Waals surface area (Å²) in [5.74, 6) is 0.520. The number of amides is 1. The van der Waals surface area contributed by atoms with Gasteiger partial charge in [-0.2, -0.15) is 0 Å². The van der Waals surface area contributed by atoms with E-state index in [2.05, 4.69) is 31.4 Å². The highest BCUT2D eigenvalue weighted by Gasteiger charge is 2.21. The van der Waals surface area contributed by atoms with Crippen LogP contribution in [0.25, 0.3) is 0 Å². The molecule has 18 heavy (non-hydrogen) atoms. The Kier molecular flexibility index (Phi) is 7.98. The minimum Gasteiger partial charge on any atom is -0.345 e. The molecule has 0 fully saturated rings. The Morgan fingerprint density at radius 3 is 2.22 bits per heavy atom. The molecule has 2 atom stereocenters. The summed E-state index contributed by atoms with van der Waals surface area (Å²) in [4.78, 5) is 23.0. The van der Waals surface area contributed by atoms with Crippen molar-refractivity contribution in [1.29, 1.82) is 0 Å². The highest BCUT2D eigenvalue weighted by molar-refractivity contribution is 8.77. The third-order valence-corrected chi connectivity index (χ3v) is 5.53. The Hall–Kier alpha value is -0.200. The van der Waals surface area contributed by atoms with E-state index in [1.807, 2.05) is 0 Å². The molecule has 106 valence electrons. The lowest BCUT2D eigenvalue weighted by Crippen LogP contribution is -2.48. The second-order valence-electron chi connectivity index (χ2n) is 5.16. The maximum absolute atomic E-state index is 11.9. The predicted molar refractivity (Wildman–Crippen MR) is 80.9 cm³/mol. The quantitative estimate of drug-likeness (QED) is 0.701. The van der Waals surface area contributed by atoms with Crippen LogP contribution in [0.2, 0.25) is 0 Å². The molecule has 0 saturated carbocycles. The SMILES string of the molecule is CNC(CSSC(C)(C)C)C(=O)N[C@@H](C)C(C)=O. The predicted octanol–water partition coefficient (Wildman–Crippen LogP) is 1.85. The van der Waals surface area contributed by atoms with Gasteiger partial charge in [0.2, 0.25) is 5.91 Å². The number of ketones is 1. The molecule has 2 N–H and O–H groups in total. The van der Waals surface area contributed by atoms with Gasteiger partial charge >= 0.3 is 0 Å². The van der Waals surface area contributed by atoms with Crippen molar-refractivity contribution in [2.24, 2.45) is 0 Å². The topological polar surface area (TPSA) is 58.2 Å². The lowest BCUT2D eigenvalue weighted by atomic mass is 10.2. The average molecular weight is 292 g/mol. The molecule has 0 radical (unpaired) electrons. The Morgan fingerprint density at radius 1 is 1.28 bits per heavy atom. The summed E-state index contributed by atoms with van der Waals surface area (Å²) < 4.78 is 0.173. The highest BCUT2D eigenvalue weighted by Crippen LogP contribution is 2.35. The summed E-state index contributed by atoms with van der Waals surface area (Å²) in [6, 6.07) is -0.694. The van der Waals surface area contributed by atoms with Gasteiger partial charge < -0.3 is 10.6 Å². The van der Waals surface area contributed by atoms with Gasteiger partial charge in [0, 0.05) is 10.5 Å². The van der Waals surface area contributed by atoms with Crippen LogP contribution in [0.5, 0.6) is 0 Å². The Bertz CT molecular complexity index is 290. The first-order valence-corrected chi connectivity index (χ1v) is 8.28. The largest absolute Gasteiger partial charge is 0.345 e. The third kappa shape index (κ3) is 8.00. The van der Waals surface area contributed by atoms with E-state index in [0.717, 1.165) is 0 Å². The summed E-state index contributed by atoms with van der Waals surface area (Å²) >= 11 is 0. The minimum absolute atomic E-state index is 0.0325. The van der Waals surface area contributed by atoms with Gasteiger partial charge in [0.1, 0.15) is 0 Å². The second-order valence-corrected chi connectivity index (χ2v) is 8.33. The van der Waals surface area contributed by atoms with Crippen LogP contribution in [-0.2, 0) is 9.59 Å². The zero-order chi connectivity index (χ0) is 14.3. The highest BCUT2D eigenvalue weighted by atomic mass is 33.1. The first-order chi connectivity index (χ1) is 8.17. The Balaban J connectivity index is 4.16. The van der Waals surface area contributed by atoms with Gasteiger partial charge in [0.25, 0.3) is 0 Å². The van der Waals surface area contributed by atoms with Gasteiger partial charge in [-0.25, -0.2) is 0 Å². The summed E-state index contributed by atoms with van der Waals surface area (Å²) in [6.45, 7) is 9.58. The van der Waals surface area contributed by atoms with Crippen LogP contribution in [0.4, 0.5) is 0 Å². The van der Waals surface area contributed by atoms with Crippen LogP contribution >= 0.6 is 21.6 Å². The fraction of sp³-hybridized carbons (Fsp3) is 0.833. The minimum atomic E-state index is -0.423. The summed E-state index contributed by atoms with van der Waals surface area (Å²) in [6.07, 6.45) is 0. The molecular weight excluding hydrogens is 268 g/mol. The van der Waals surface area contributed by atoms with Crippen LogP contribution in [0.15, 0.2) is 0 Å². The normalized spacial score (nSPS) is 15.0. The van der Waals surface area contributed by atoms with E-state index in [1.165, 1.54) is 6.92 Å². The zero-order valence-corrected chi connectivity index (χ0v) is 13.6. The standard InChI is InChI=1S/C12H24N2O2S2/c1-8(9(2)15)14-11(16)10(13-6)7-17-18-12(3,4)5/h8,10,13H,7H2,1-6H3,(H,14,16)/t8-,10?/m0/s1. The van der Waals surface area contributed by atoms with Crippen LogP contribution in [-0.4, -0.2) is 41.3 Å². The van der Waals surface area contributed by atoms with Gasteiger partial charge in [0.15, 0.2) is 5.78 Å². The lowest BCUT2D eigenvalue weighted by Gasteiger charge is -2.21. The molecule has 6 heteroatoms. The van der Waals surface area contributed by atoms with E-state index in [1.54, 1.807) is 35.6 Å². The van der Waals surface area contributed by atoms with Gasteiger partial charge in [-0.15, -0.1) is 0 Å². The van der Waals surface area contributed by atoms with Gasteiger partial charge in [-0.3, -0.25) is 9.59 Å². The molecule has 0 heterocycles. The number of rotatable bonds is 7. The molecule has 0 aliphatic rings. The number of likely N-dealkylation sites (N-methyl/N-ethyl adjacent to an activating group) is 1. The molecule has 0 spiro atoms. The number of hydrogen-bond donors (Lipinski definition) is 2. The fourth-order valence-electron chi connectivity index (χ4n) is 0.985. The number of nitrogens with one attached hydrogen (secondary N) is 2. The molecule has 0 bridgehead atoms. The molecule has 1 unspecified atom stereocenters. The number of carbonyl (C=O) groups is 2. The van der Waals surface area contributed by atoms with E-state index in [4.69, 9.17) is 0 Å². The van der Waals surface area contributed by atoms with Crippen LogP contribution in [0.3, 0.4) is 0 Å². The van der Waals surface area contributed by atoms with Gasteiger partial charge in [-0.1, -0.05) is 42.4 Å². The van der Waals surface area contributed by atoms with E-state index in [-0.39, 0.29) is 22.5 Å². The monoisotopic (exact) mass is 292 g/mol. The molecule has 1 amide bonds. The molecular formula is C12H24N2O2S2. The Morgan fingerprint density at radius 2 is 1.83 bits per heavy atom. The van der Waals surface area contributed by atoms with Crippen molar-refractivity contribution in [3.8, 4) is 0 Å². The van der Waals surface area contributed by atoms with Crippen molar-refractivity contribution >= 4 is 33.3 Å². The fourth-order valence-corrected chi connectivity index (χ4v) is 3.53. The van der Waals surface area contributed by atoms with E-state index in [9.17, 15) is 9.59 Å². The van der Waals surface area contributed by atoms with Gasteiger partial charge in [0.05, 0.1) is 12.1 Å². The number of hydrogen-bond acceptors (Lipinski definition) is 5. The maximum atomic E-state index is 11.9. The van der Waals surface area contributed by atoms with E-state index >= 15 is 0 Å². The van der Waals surface area contributed by atoms with Crippen LogP contribution in [0, 0.1) is 0 Å². The molecule has 0 aliphatic heterocycles. The van der Waals surface area contributed by atoms with Crippen molar-refractivity contribution in [2.75, 3.05) is 12.8 Å². The summed E-state index contributed by atoms with van der Waals surface area (Å²) in [5.41, 5.74) is 0. The van der Waals surface area contributed by atoms with Crippen molar-refractivity contribution in [3.05, 3.63) is 0 Å². The Labute approximate surface area is 118 Å². The van der Waals surface area contributed by atoms with Crippen LogP contribution < -0.4 is 10.6 Å².